The lowest BCUT2D eigenvalue weighted by Gasteiger charge is -2.25. The van der Waals surface area contributed by atoms with Gasteiger partial charge in [0.15, 0.2) is 0 Å². The maximum Gasteiger partial charge on any atom is 0.223 e. The van der Waals surface area contributed by atoms with Crippen molar-refractivity contribution < 1.29 is 5.11 Å². The lowest BCUT2D eigenvalue weighted by atomic mass is 10.0. The Labute approximate surface area is 184 Å². The Morgan fingerprint density at radius 3 is 2.53 bits per heavy atom. The number of fused-ring (bicyclic) bond motifs is 1. The highest BCUT2D eigenvalue weighted by Gasteiger charge is 2.25. The van der Waals surface area contributed by atoms with Crippen LogP contribution in [0.3, 0.4) is 0 Å². The van der Waals surface area contributed by atoms with E-state index in [9.17, 15) is 5.11 Å². The summed E-state index contributed by atoms with van der Waals surface area (Å²) in [6, 6.07) is 13.8. The Morgan fingerprint density at radius 2 is 1.81 bits per heavy atom. The largest absolute Gasteiger partial charge is 0.493 e. The third-order valence-corrected chi connectivity index (χ3v) is 5.23. The van der Waals surface area contributed by atoms with E-state index in [-0.39, 0.29) is 17.4 Å². The van der Waals surface area contributed by atoms with Gasteiger partial charge in [-0.25, -0.2) is 19.6 Å². The first-order valence-electron chi connectivity index (χ1n) is 10.1. The van der Waals surface area contributed by atoms with E-state index in [1.165, 1.54) is 12.5 Å². The Morgan fingerprint density at radius 1 is 1.00 bits per heavy atom. The zero-order valence-corrected chi connectivity index (χ0v) is 17.9. The maximum atomic E-state index is 10.3. The third-order valence-electron chi connectivity index (χ3n) is 5.23. The molecular formula is C23H22N8O. The third kappa shape index (κ3) is 3.24. The summed E-state index contributed by atoms with van der Waals surface area (Å²) in [5.74, 6) is 0.675. The van der Waals surface area contributed by atoms with Gasteiger partial charge in [-0.3, -0.25) is 0 Å². The molecule has 0 atom stereocenters. The normalized spacial score (nSPS) is 11.8. The molecule has 0 radical (unpaired) electrons. The molecule has 5 rings (SSSR count). The van der Waals surface area contributed by atoms with Crippen molar-refractivity contribution in [3.63, 3.8) is 0 Å². The van der Waals surface area contributed by atoms with Crippen LogP contribution in [-0.2, 0) is 5.54 Å². The van der Waals surface area contributed by atoms with E-state index >= 15 is 0 Å². The van der Waals surface area contributed by atoms with Gasteiger partial charge in [0, 0.05) is 17.3 Å². The van der Waals surface area contributed by atoms with Crippen molar-refractivity contribution in [2.24, 2.45) is 0 Å². The van der Waals surface area contributed by atoms with Crippen LogP contribution in [0.25, 0.3) is 39.2 Å². The molecule has 0 fully saturated rings. The predicted octanol–water partition coefficient (Wildman–Crippen LogP) is 3.78. The fraction of sp³-hybridized carbons (Fsp3) is 0.174. The summed E-state index contributed by atoms with van der Waals surface area (Å²) in [4.78, 5) is 17.0. The number of imidazole rings is 1. The van der Waals surface area contributed by atoms with Crippen LogP contribution in [0.15, 0.2) is 61.3 Å². The highest BCUT2D eigenvalue weighted by Crippen LogP contribution is 2.36. The molecule has 9 heteroatoms. The molecule has 0 unspecified atom stereocenters. The summed E-state index contributed by atoms with van der Waals surface area (Å²) < 4.78 is 3.94. The molecule has 2 aromatic carbocycles. The molecule has 0 amide bonds. The number of nitrogens with zero attached hydrogens (tertiary/aromatic N) is 7. The SMILES string of the molecule is CC(C)(C)n1c(-c2ccccc2-n2cncn2)nc2cc(-c3cnc(N)nc3O)ccc21. The summed E-state index contributed by atoms with van der Waals surface area (Å²) in [5.41, 5.74) is 10.2. The van der Waals surface area contributed by atoms with E-state index in [0.717, 1.165) is 33.7 Å². The van der Waals surface area contributed by atoms with Gasteiger partial charge in [0.1, 0.15) is 18.5 Å². The predicted molar refractivity (Wildman–Crippen MR) is 122 cm³/mol. The van der Waals surface area contributed by atoms with Crippen LogP contribution in [0.1, 0.15) is 20.8 Å². The summed E-state index contributed by atoms with van der Waals surface area (Å²) >= 11 is 0. The quantitative estimate of drug-likeness (QED) is 0.450. The second-order valence-electron chi connectivity index (χ2n) is 8.47. The Hall–Kier alpha value is -4.27. The zero-order valence-electron chi connectivity index (χ0n) is 17.9. The van der Waals surface area contributed by atoms with E-state index in [2.05, 4.69) is 45.4 Å². The molecule has 160 valence electrons. The standard InChI is InChI=1S/C23H22N8O/c1-23(2,3)31-19-9-8-14(16-11-26-22(24)29-21(16)32)10-17(19)28-20(31)15-6-4-5-7-18(15)30-13-25-12-27-30/h4-13H,1-3H3,(H3,24,26,29,32). The average Bonchev–Trinajstić information content (AvgIpc) is 3.41. The second kappa shape index (κ2) is 7.16. The molecule has 3 N–H and O–H groups in total. The monoisotopic (exact) mass is 426 g/mol. The number of rotatable bonds is 3. The first-order valence-corrected chi connectivity index (χ1v) is 10.1. The maximum absolute atomic E-state index is 10.3. The Balaban J connectivity index is 1.76. The summed E-state index contributed by atoms with van der Waals surface area (Å²) in [6.45, 7) is 6.43. The van der Waals surface area contributed by atoms with Crippen molar-refractivity contribution in [3.05, 3.63) is 61.3 Å². The number of para-hydroxylation sites is 1. The van der Waals surface area contributed by atoms with Crippen molar-refractivity contribution >= 4 is 17.0 Å². The number of hydrogen-bond acceptors (Lipinski definition) is 7. The molecule has 0 aliphatic heterocycles. The van der Waals surface area contributed by atoms with Crippen molar-refractivity contribution in [3.8, 4) is 34.1 Å². The van der Waals surface area contributed by atoms with Gasteiger partial charge in [-0.15, -0.1) is 0 Å². The van der Waals surface area contributed by atoms with Crippen LogP contribution >= 0.6 is 0 Å². The number of aromatic nitrogens is 7. The molecule has 5 aromatic rings. The van der Waals surface area contributed by atoms with E-state index in [4.69, 9.17) is 10.7 Å². The highest BCUT2D eigenvalue weighted by atomic mass is 16.3. The van der Waals surface area contributed by atoms with Crippen molar-refractivity contribution in [1.82, 2.24) is 34.3 Å². The van der Waals surface area contributed by atoms with Gasteiger partial charge in [0.2, 0.25) is 11.8 Å². The lowest BCUT2D eigenvalue weighted by molar-refractivity contribution is 0.413. The van der Waals surface area contributed by atoms with Gasteiger partial charge in [-0.05, 0) is 50.6 Å². The Kier molecular flexibility index (Phi) is 4.40. The number of nitrogens with two attached hydrogens (primary N) is 1. The van der Waals surface area contributed by atoms with Gasteiger partial charge >= 0.3 is 0 Å². The van der Waals surface area contributed by atoms with Crippen LogP contribution in [-0.4, -0.2) is 39.4 Å². The summed E-state index contributed by atoms with van der Waals surface area (Å²) in [5, 5.41) is 14.6. The summed E-state index contributed by atoms with van der Waals surface area (Å²) in [7, 11) is 0. The minimum absolute atomic E-state index is 0.0244. The van der Waals surface area contributed by atoms with Gasteiger partial charge in [0.25, 0.3) is 0 Å². The van der Waals surface area contributed by atoms with Crippen molar-refractivity contribution in [1.29, 1.82) is 0 Å². The van der Waals surface area contributed by atoms with Crippen molar-refractivity contribution in [2.45, 2.75) is 26.3 Å². The fourth-order valence-electron chi connectivity index (χ4n) is 3.89. The number of hydrogen-bond donors (Lipinski definition) is 2. The van der Waals surface area contributed by atoms with Gasteiger partial charge in [-0.2, -0.15) is 10.1 Å². The van der Waals surface area contributed by atoms with E-state index in [1.54, 1.807) is 11.0 Å². The topological polar surface area (TPSA) is 121 Å². The number of anilines is 1. The molecule has 0 spiro atoms. The average molecular weight is 426 g/mol. The van der Waals surface area contributed by atoms with Crippen LogP contribution < -0.4 is 5.73 Å². The van der Waals surface area contributed by atoms with E-state index < -0.39 is 0 Å². The minimum atomic E-state index is -0.243. The Bertz CT molecular complexity index is 1430. The van der Waals surface area contributed by atoms with Gasteiger partial charge in [-0.1, -0.05) is 18.2 Å². The van der Waals surface area contributed by atoms with Gasteiger partial charge < -0.3 is 15.4 Å². The first-order chi connectivity index (χ1) is 15.3. The minimum Gasteiger partial charge on any atom is -0.493 e. The molecule has 3 aromatic heterocycles. The molecule has 0 bridgehead atoms. The smallest absolute Gasteiger partial charge is 0.223 e. The molecule has 0 saturated carbocycles. The first kappa shape index (κ1) is 19.7. The lowest BCUT2D eigenvalue weighted by Crippen LogP contribution is -2.23. The second-order valence-corrected chi connectivity index (χ2v) is 8.47. The molecular weight excluding hydrogens is 404 g/mol. The fourth-order valence-corrected chi connectivity index (χ4v) is 3.89. The molecule has 0 saturated heterocycles. The zero-order chi connectivity index (χ0) is 22.5. The number of aromatic hydroxyl groups is 1. The molecule has 9 nitrogen and oxygen atoms in total. The number of benzene rings is 2. The molecule has 0 aliphatic carbocycles. The van der Waals surface area contributed by atoms with Gasteiger partial charge in [0.05, 0.1) is 22.3 Å². The van der Waals surface area contributed by atoms with Crippen LogP contribution in [0.5, 0.6) is 5.88 Å². The van der Waals surface area contributed by atoms with Crippen molar-refractivity contribution in [2.75, 3.05) is 5.73 Å². The number of nitrogen functional groups attached to an aromatic ring is 1. The molecule has 32 heavy (non-hydrogen) atoms. The van der Waals surface area contributed by atoms with Crippen LogP contribution in [0.2, 0.25) is 0 Å². The summed E-state index contributed by atoms with van der Waals surface area (Å²) in [6.07, 6.45) is 4.70. The molecule has 0 aliphatic rings. The van der Waals surface area contributed by atoms with Crippen LogP contribution in [0.4, 0.5) is 5.95 Å². The van der Waals surface area contributed by atoms with E-state index in [0.29, 0.717) is 5.56 Å². The van der Waals surface area contributed by atoms with Crippen LogP contribution in [0, 0.1) is 0 Å². The molecule has 3 heterocycles. The van der Waals surface area contributed by atoms with E-state index in [1.807, 2.05) is 42.5 Å². The highest BCUT2D eigenvalue weighted by molar-refractivity contribution is 5.87.